The monoisotopic (exact) mass is 272 g/mol. The molecule has 20 heavy (non-hydrogen) atoms. The first-order valence-corrected chi connectivity index (χ1v) is 7.83. The fourth-order valence-corrected chi connectivity index (χ4v) is 3.97. The van der Waals surface area contributed by atoms with Crippen LogP contribution in [0.1, 0.15) is 51.0 Å². The van der Waals surface area contributed by atoms with Crippen LogP contribution < -0.4 is 0 Å². The van der Waals surface area contributed by atoms with Gasteiger partial charge in [0, 0.05) is 12.0 Å². The van der Waals surface area contributed by atoms with Crippen LogP contribution in [0.25, 0.3) is 0 Å². The van der Waals surface area contributed by atoms with Gasteiger partial charge in [0.05, 0.1) is 5.60 Å². The third-order valence-corrected chi connectivity index (χ3v) is 5.44. The number of hydrogen-bond donors (Lipinski definition) is 0. The van der Waals surface area contributed by atoms with Crippen molar-refractivity contribution in [3.8, 4) is 0 Å². The highest BCUT2D eigenvalue weighted by Crippen LogP contribution is 2.48. The topological polar surface area (TPSA) is 26.3 Å². The summed E-state index contributed by atoms with van der Waals surface area (Å²) in [5, 5.41) is 0. The van der Waals surface area contributed by atoms with Crippen LogP contribution in [0.2, 0.25) is 0 Å². The van der Waals surface area contributed by atoms with Crippen molar-refractivity contribution in [1.82, 2.24) is 0 Å². The molecule has 0 amide bonds. The van der Waals surface area contributed by atoms with Crippen molar-refractivity contribution in [2.24, 2.45) is 5.41 Å². The van der Waals surface area contributed by atoms with E-state index < -0.39 is 0 Å². The SMILES string of the molecule is CC(=O)C1(Cc2ccccc2)CCC2(CCCO2)CC1. The number of hydrogen-bond acceptors (Lipinski definition) is 2. The van der Waals surface area contributed by atoms with Gasteiger partial charge in [0.25, 0.3) is 0 Å². The zero-order valence-electron chi connectivity index (χ0n) is 12.4. The molecule has 2 aliphatic rings. The number of carbonyl (C=O) groups is 1. The lowest BCUT2D eigenvalue weighted by Crippen LogP contribution is -2.43. The molecule has 0 unspecified atom stereocenters. The number of ketones is 1. The Kier molecular flexibility index (Phi) is 3.68. The molecule has 1 saturated carbocycles. The lowest BCUT2D eigenvalue weighted by Gasteiger charge is -2.43. The van der Waals surface area contributed by atoms with Gasteiger partial charge in [0.1, 0.15) is 5.78 Å². The Labute approximate surface area is 121 Å². The van der Waals surface area contributed by atoms with Crippen molar-refractivity contribution in [3.63, 3.8) is 0 Å². The Morgan fingerprint density at radius 3 is 2.35 bits per heavy atom. The minimum atomic E-state index is -0.154. The highest BCUT2D eigenvalue weighted by molar-refractivity contribution is 5.82. The van der Waals surface area contributed by atoms with Gasteiger partial charge in [0.15, 0.2) is 0 Å². The van der Waals surface area contributed by atoms with E-state index >= 15 is 0 Å². The predicted octanol–water partition coefficient (Wildman–Crippen LogP) is 3.93. The lowest BCUT2D eigenvalue weighted by molar-refractivity contribution is -0.133. The maximum absolute atomic E-state index is 12.3. The van der Waals surface area contributed by atoms with E-state index in [1.807, 2.05) is 6.07 Å². The molecule has 0 radical (unpaired) electrons. The number of Topliss-reactive ketones (excluding diaryl/α,β-unsaturated/α-hetero) is 1. The summed E-state index contributed by atoms with van der Waals surface area (Å²) < 4.78 is 5.99. The fraction of sp³-hybridized carbons (Fsp3) is 0.611. The first-order valence-electron chi connectivity index (χ1n) is 7.83. The zero-order valence-corrected chi connectivity index (χ0v) is 12.4. The second-order valence-electron chi connectivity index (χ2n) is 6.63. The maximum atomic E-state index is 12.3. The Balaban J connectivity index is 1.75. The standard InChI is InChI=1S/C18H24O2/c1-15(19)17(14-16-6-3-2-4-7-16)9-11-18(12-10-17)8-5-13-20-18/h2-4,6-7H,5,8-14H2,1H3. The van der Waals surface area contributed by atoms with Crippen molar-refractivity contribution in [2.45, 2.75) is 57.5 Å². The van der Waals surface area contributed by atoms with Gasteiger partial charge in [-0.2, -0.15) is 0 Å². The van der Waals surface area contributed by atoms with Crippen LogP contribution in [0, 0.1) is 5.41 Å². The van der Waals surface area contributed by atoms with E-state index in [9.17, 15) is 4.79 Å². The Morgan fingerprint density at radius 1 is 1.10 bits per heavy atom. The number of rotatable bonds is 3. The molecule has 1 aromatic carbocycles. The molecule has 1 aliphatic carbocycles. The second-order valence-corrected chi connectivity index (χ2v) is 6.63. The maximum Gasteiger partial charge on any atom is 0.136 e. The number of carbonyl (C=O) groups excluding carboxylic acids is 1. The molecule has 2 nitrogen and oxygen atoms in total. The molecule has 1 saturated heterocycles. The predicted molar refractivity (Wildman–Crippen MR) is 79.6 cm³/mol. The number of benzene rings is 1. The Hall–Kier alpha value is -1.15. The molecule has 1 spiro atoms. The van der Waals surface area contributed by atoms with Crippen LogP contribution in [0.15, 0.2) is 30.3 Å². The van der Waals surface area contributed by atoms with Crippen LogP contribution in [0.4, 0.5) is 0 Å². The van der Waals surface area contributed by atoms with Crippen LogP contribution in [0.3, 0.4) is 0 Å². The molecule has 0 aromatic heterocycles. The largest absolute Gasteiger partial charge is 0.375 e. The second kappa shape index (κ2) is 5.33. The molecule has 2 heteroatoms. The molecule has 1 aliphatic heterocycles. The minimum Gasteiger partial charge on any atom is -0.375 e. The van der Waals surface area contributed by atoms with Crippen LogP contribution in [-0.4, -0.2) is 18.0 Å². The molecule has 3 rings (SSSR count). The van der Waals surface area contributed by atoms with Crippen molar-refractivity contribution in [1.29, 1.82) is 0 Å². The molecule has 1 heterocycles. The van der Waals surface area contributed by atoms with Gasteiger partial charge >= 0.3 is 0 Å². The third-order valence-electron chi connectivity index (χ3n) is 5.44. The first kappa shape index (κ1) is 13.8. The molecular weight excluding hydrogens is 248 g/mol. The van der Waals surface area contributed by atoms with E-state index in [2.05, 4.69) is 24.3 Å². The lowest BCUT2D eigenvalue weighted by atomic mass is 9.63. The summed E-state index contributed by atoms with van der Waals surface area (Å²) in [4.78, 5) is 12.3. The smallest absolute Gasteiger partial charge is 0.136 e. The van der Waals surface area contributed by atoms with E-state index in [-0.39, 0.29) is 11.0 Å². The highest BCUT2D eigenvalue weighted by atomic mass is 16.5. The van der Waals surface area contributed by atoms with Crippen molar-refractivity contribution in [2.75, 3.05) is 6.61 Å². The quantitative estimate of drug-likeness (QED) is 0.833. The van der Waals surface area contributed by atoms with Gasteiger partial charge in [-0.05, 0) is 57.4 Å². The molecule has 1 aromatic rings. The first-order chi connectivity index (χ1) is 9.64. The van der Waals surface area contributed by atoms with Crippen molar-refractivity contribution < 1.29 is 9.53 Å². The minimum absolute atomic E-state index is 0.107. The average molecular weight is 272 g/mol. The van der Waals surface area contributed by atoms with E-state index in [0.717, 1.165) is 38.7 Å². The molecule has 0 bridgehead atoms. The van der Waals surface area contributed by atoms with E-state index in [4.69, 9.17) is 4.74 Å². The molecular formula is C18H24O2. The Bertz CT molecular complexity index is 461. The van der Waals surface area contributed by atoms with Gasteiger partial charge in [-0.3, -0.25) is 4.79 Å². The molecule has 0 atom stereocenters. The van der Waals surface area contributed by atoms with Gasteiger partial charge in [-0.15, -0.1) is 0 Å². The van der Waals surface area contributed by atoms with E-state index in [0.29, 0.717) is 5.78 Å². The zero-order chi connectivity index (χ0) is 14.1. The van der Waals surface area contributed by atoms with Crippen LogP contribution in [-0.2, 0) is 16.0 Å². The van der Waals surface area contributed by atoms with E-state index in [1.54, 1.807) is 6.92 Å². The summed E-state index contributed by atoms with van der Waals surface area (Å²) in [7, 11) is 0. The summed E-state index contributed by atoms with van der Waals surface area (Å²) in [6, 6.07) is 10.4. The van der Waals surface area contributed by atoms with Gasteiger partial charge < -0.3 is 4.74 Å². The van der Waals surface area contributed by atoms with Crippen molar-refractivity contribution in [3.05, 3.63) is 35.9 Å². The van der Waals surface area contributed by atoms with Crippen LogP contribution in [0.5, 0.6) is 0 Å². The number of ether oxygens (including phenoxy) is 1. The fourth-order valence-electron chi connectivity index (χ4n) is 3.97. The summed E-state index contributed by atoms with van der Waals surface area (Å²) in [6.07, 6.45) is 7.34. The summed E-state index contributed by atoms with van der Waals surface area (Å²) in [5.41, 5.74) is 1.24. The average Bonchev–Trinajstić information content (AvgIpc) is 2.91. The van der Waals surface area contributed by atoms with Crippen LogP contribution >= 0.6 is 0 Å². The van der Waals surface area contributed by atoms with Gasteiger partial charge in [-0.1, -0.05) is 30.3 Å². The molecule has 108 valence electrons. The van der Waals surface area contributed by atoms with Crippen molar-refractivity contribution >= 4 is 5.78 Å². The highest BCUT2D eigenvalue weighted by Gasteiger charge is 2.47. The van der Waals surface area contributed by atoms with Gasteiger partial charge in [0.2, 0.25) is 0 Å². The van der Waals surface area contributed by atoms with E-state index in [1.165, 1.54) is 18.4 Å². The normalized spacial score (nSPS) is 33.5. The van der Waals surface area contributed by atoms with Gasteiger partial charge in [-0.25, -0.2) is 0 Å². The Morgan fingerprint density at radius 2 is 1.80 bits per heavy atom. The molecule has 0 N–H and O–H groups in total. The summed E-state index contributed by atoms with van der Waals surface area (Å²) in [5.74, 6) is 0.356. The summed E-state index contributed by atoms with van der Waals surface area (Å²) in [6.45, 7) is 2.68. The summed E-state index contributed by atoms with van der Waals surface area (Å²) >= 11 is 0. The third kappa shape index (κ3) is 2.54. The molecule has 2 fully saturated rings.